The van der Waals surface area contributed by atoms with Gasteiger partial charge in [0, 0.05) is 13.1 Å². The lowest BCUT2D eigenvalue weighted by atomic mass is 10.1. The van der Waals surface area contributed by atoms with Crippen molar-refractivity contribution in [2.45, 2.75) is 25.8 Å². The first-order chi connectivity index (χ1) is 12.1. The molecule has 1 saturated heterocycles. The normalized spacial score (nSPS) is 17.4. The lowest BCUT2D eigenvalue weighted by molar-refractivity contribution is -0.129. The number of amides is 1. The largest absolute Gasteiger partial charge is 0.340 e. The molecule has 2 heterocycles. The number of para-hydroxylation sites is 2. The maximum Gasteiger partial charge on any atom is 0.227 e. The Morgan fingerprint density at radius 3 is 2.92 bits per heavy atom. The molecule has 3 aromatic rings. The number of nitrogens with zero attached hydrogens (tertiary/aromatic N) is 3. The fraction of sp³-hybridized carbons (Fsp3) is 0.300. The molecule has 0 radical (unpaired) electrons. The number of rotatable bonds is 3. The van der Waals surface area contributed by atoms with Gasteiger partial charge in [0.15, 0.2) is 0 Å². The van der Waals surface area contributed by atoms with Gasteiger partial charge in [0.1, 0.15) is 11.6 Å². The van der Waals surface area contributed by atoms with E-state index in [0.29, 0.717) is 6.54 Å². The SMILES string of the molecule is Cc1nc2ccccc2n1C1CCN(C(=O)Cc2cccc(F)c2)C1. The summed E-state index contributed by atoms with van der Waals surface area (Å²) in [6, 6.07) is 14.6. The average molecular weight is 337 g/mol. The molecule has 128 valence electrons. The molecule has 5 heteroatoms. The topological polar surface area (TPSA) is 38.1 Å². The van der Waals surface area contributed by atoms with Gasteiger partial charge >= 0.3 is 0 Å². The van der Waals surface area contributed by atoms with E-state index in [1.165, 1.54) is 12.1 Å². The van der Waals surface area contributed by atoms with E-state index >= 15 is 0 Å². The van der Waals surface area contributed by atoms with Gasteiger partial charge in [0.25, 0.3) is 0 Å². The molecule has 4 nitrogen and oxygen atoms in total. The summed E-state index contributed by atoms with van der Waals surface area (Å²) in [6.45, 7) is 3.41. The number of hydrogen-bond donors (Lipinski definition) is 0. The maximum atomic E-state index is 13.3. The van der Waals surface area contributed by atoms with Gasteiger partial charge < -0.3 is 9.47 Å². The van der Waals surface area contributed by atoms with Crippen LogP contribution in [0.1, 0.15) is 23.9 Å². The Hall–Kier alpha value is -2.69. The third kappa shape index (κ3) is 3.02. The van der Waals surface area contributed by atoms with Crippen LogP contribution in [0.2, 0.25) is 0 Å². The first-order valence-corrected chi connectivity index (χ1v) is 8.57. The number of hydrogen-bond acceptors (Lipinski definition) is 2. The quantitative estimate of drug-likeness (QED) is 0.734. The molecule has 0 spiro atoms. The van der Waals surface area contributed by atoms with E-state index in [4.69, 9.17) is 0 Å². The molecule has 1 fully saturated rings. The van der Waals surface area contributed by atoms with Gasteiger partial charge in [-0.3, -0.25) is 4.79 Å². The van der Waals surface area contributed by atoms with Crippen molar-refractivity contribution in [2.24, 2.45) is 0 Å². The number of carbonyl (C=O) groups is 1. The molecule has 4 rings (SSSR count). The van der Waals surface area contributed by atoms with Gasteiger partial charge in [-0.1, -0.05) is 24.3 Å². The van der Waals surface area contributed by atoms with Crippen LogP contribution in [0.3, 0.4) is 0 Å². The molecular formula is C20H20FN3O. The van der Waals surface area contributed by atoms with Crippen molar-refractivity contribution in [3.05, 3.63) is 65.7 Å². The van der Waals surface area contributed by atoms with Crippen molar-refractivity contribution < 1.29 is 9.18 Å². The van der Waals surface area contributed by atoms with Crippen molar-refractivity contribution in [1.82, 2.24) is 14.5 Å². The van der Waals surface area contributed by atoms with Crippen LogP contribution in [0.4, 0.5) is 4.39 Å². The van der Waals surface area contributed by atoms with Crippen LogP contribution >= 0.6 is 0 Å². The summed E-state index contributed by atoms with van der Waals surface area (Å²) >= 11 is 0. The maximum absolute atomic E-state index is 13.3. The molecule has 1 aliphatic rings. The van der Waals surface area contributed by atoms with Crippen molar-refractivity contribution in [3.8, 4) is 0 Å². The van der Waals surface area contributed by atoms with Gasteiger partial charge in [0.05, 0.1) is 23.5 Å². The van der Waals surface area contributed by atoms with Gasteiger partial charge in [-0.15, -0.1) is 0 Å². The van der Waals surface area contributed by atoms with E-state index in [1.54, 1.807) is 12.1 Å². The lowest BCUT2D eigenvalue weighted by Gasteiger charge is -2.18. The van der Waals surface area contributed by atoms with E-state index in [-0.39, 0.29) is 24.2 Å². The summed E-state index contributed by atoms with van der Waals surface area (Å²) in [5.41, 5.74) is 2.83. The van der Waals surface area contributed by atoms with E-state index in [1.807, 2.05) is 30.0 Å². The van der Waals surface area contributed by atoms with E-state index in [0.717, 1.165) is 35.4 Å². The molecular weight excluding hydrogens is 317 g/mol. The third-order valence-corrected chi connectivity index (χ3v) is 4.90. The second kappa shape index (κ2) is 6.31. The van der Waals surface area contributed by atoms with E-state index in [9.17, 15) is 9.18 Å². The number of fused-ring (bicyclic) bond motifs is 1. The van der Waals surface area contributed by atoms with Crippen molar-refractivity contribution in [3.63, 3.8) is 0 Å². The van der Waals surface area contributed by atoms with E-state index in [2.05, 4.69) is 15.6 Å². The summed E-state index contributed by atoms with van der Waals surface area (Å²) in [4.78, 5) is 19.1. The Kier molecular flexibility index (Phi) is 3.99. The summed E-state index contributed by atoms with van der Waals surface area (Å²) in [6.07, 6.45) is 1.16. The molecule has 0 N–H and O–H groups in total. The Morgan fingerprint density at radius 2 is 2.08 bits per heavy atom. The predicted molar refractivity (Wildman–Crippen MR) is 94.8 cm³/mol. The third-order valence-electron chi connectivity index (χ3n) is 4.90. The Balaban J connectivity index is 1.51. The van der Waals surface area contributed by atoms with Crippen LogP contribution < -0.4 is 0 Å². The van der Waals surface area contributed by atoms with Gasteiger partial charge in [0.2, 0.25) is 5.91 Å². The van der Waals surface area contributed by atoms with E-state index < -0.39 is 0 Å². The van der Waals surface area contributed by atoms with Crippen LogP contribution in [-0.4, -0.2) is 33.4 Å². The zero-order valence-corrected chi connectivity index (χ0v) is 14.2. The highest BCUT2D eigenvalue weighted by atomic mass is 19.1. The van der Waals surface area contributed by atoms with Gasteiger partial charge in [-0.25, -0.2) is 9.37 Å². The minimum absolute atomic E-state index is 0.0511. The molecule has 1 aliphatic heterocycles. The number of benzene rings is 2. The fourth-order valence-corrected chi connectivity index (χ4v) is 3.74. The number of likely N-dealkylation sites (tertiary alicyclic amines) is 1. The molecule has 2 aromatic carbocycles. The standard InChI is InChI=1S/C20H20FN3O/c1-14-22-18-7-2-3-8-19(18)24(14)17-9-10-23(13-17)20(25)12-15-5-4-6-16(21)11-15/h2-8,11,17H,9-10,12-13H2,1H3. The highest BCUT2D eigenvalue weighted by Gasteiger charge is 2.29. The second-order valence-corrected chi connectivity index (χ2v) is 6.61. The van der Waals surface area contributed by atoms with Crippen molar-refractivity contribution >= 4 is 16.9 Å². The first kappa shape index (κ1) is 15.8. The highest BCUT2D eigenvalue weighted by Crippen LogP contribution is 2.28. The Morgan fingerprint density at radius 1 is 1.24 bits per heavy atom. The summed E-state index contributed by atoms with van der Waals surface area (Å²) < 4.78 is 15.5. The monoisotopic (exact) mass is 337 g/mol. The number of halogens is 1. The zero-order valence-electron chi connectivity index (χ0n) is 14.2. The second-order valence-electron chi connectivity index (χ2n) is 6.61. The van der Waals surface area contributed by atoms with Crippen molar-refractivity contribution in [1.29, 1.82) is 0 Å². The van der Waals surface area contributed by atoms with Crippen LogP contribution in [0.25, 0.3) is 11.0 Å². The van der Waals surface area contributed by atoms with Crippen LogP contribution in [0.15, 0.2) is 48.5 Å². The molecule has 1 atom stereocenters. The fourth-order valence-electron chi connectivity index (χ4n) is 3.74. The molecule has 1 amide bonds. The minimum Gasteiger partial charge on any atom is -0.340 e. The first-order valence-electron chi connectivity index (χ1n) is 8.57. The highest BCUT2D eigenvalue weighted by molar-refractivity contribution is 5.79. The predicted octanol–water partition coefficient (Wildman–Crippen LogP) is 3.50. The molecule has 1 unspecified atom stereocenters. The lowest BCUT2D eigenvalue weighted by Crippen LogP contribution is -2.30. The summed E-state index contributed by atoms with van der Waals surface area (Å²) in [5.74, 6) is 0.728. The minimum atomic E-state index is -0.301. The Labute approximate surface area is 145 Å². The van der Waals surface area contributed by atoms with Crippen LogP contribution in [-0.2, 0) is 11.2 Å². The van der Waals surface area contributed by atoms with Crippen LogP contribution in [0.5, 0.6) is 0 Å². The zero-order chi connectivity index (χ0) is 17.4. The van der Waals surface area contributed by atoms with Gasteiger partial charge in [-0.2, -0.15) is 0 Å². The van der Waals surface area contributed by atoms with Crippen LogP contribution in [0, 0.1) is 12.7 Å². The average Bonchev–Trinajstić information content (AvgIpc) is 3.18. The molecule has 0 saturated carbocycles. The molecule has 1 aromatic heterocycles. The smallest absolute Gasteiger partial charge is 0.227 e. The molecule has 0 bridgehead atoms. The number of aryl methyl sites for hydroxylation is 1. The summed E-state index contributed by atoms with van der Waals surface area (Å²) in [7, 11) is 0. The molecule has 25 heavy (non-hydrogen) atoms. The number of aromatic nitrogens is 2. The molecule has 0 aliphatic carbocycles. The number of imidazole rings is 1. The number of carbonyl (C=O) groups excluding carboxylic acids is 1. The van der Waals surface area contributed by atoms with Gasteiger partial charge in [-0.05, 0) is 43.2 Å². The summed E-state index contributed by atoms with van der Waals surface area (Å²) in [5, 5.41) is 0. The Bertz CT molecular complexity index is 934. The van der Waals surface area contributed by atoms with Crippen molar-refractivity contribution in [2.75, 3.05) is 13.1 Å².